The molecule has 2 N–H and O–H groups in total. The number of aliphatic imine (C=N–C) groups is 1. The predicted octanol–water partition coefficient (Wildman–Crippen LogP) is 1.82. The molecule has 0 aromatic carbocycles. The van der Waals surface area contributed by atoms with E-state index in [1.54, 1.807) is 0 Å². The van der Waals surface area contributed by atoms with E-state index in [4.69, 9.17) is 9.26 Å². The minimum Gasteiger partial charge on any atom is -0.382 e. The van der Waals surface area contributed by atoms with Gasteiger partial charge in [-0.2, -0.15) is 0 Å². The van der Waals surface area contributed by atoms with E-state index in [2.05, 4.69) is 27.7 Å². The van der Waals surface area contributed by atoms with Crippen molar-refractivity contribution >= 4 is 5.96 Å². The summed E-state index contributed by atoms with van der Waals surface area (Å²) in [5.74, 6) is 1.74. The van der Waals surface area contributed by atoms with Crippen molar-refractivity contribution in [1.29, 1.82) is 0 Å². The highest BCUT2D eigenvalue weighted by Gasteiger charge is 2.08. The summed E-state index contributed by atoms with van der Waals surface area (Å²) in [7, 11) is 0. The Morgan fingerprint density at radius 3 is 2.71 bits per heavy atom. The number of aromatic nitrogens is 1. The molecule has 0 aliphatic heterocycles. The SMILES string of the molecule is CCNC(=NCCCOCC)NCCc1c(C)noc1C. The van der Waals surface area contributed by atoms with E-state index in [0.29, 0.717) is 0 Å². The maximum Gasteiger partial charge on any atom is 0.191 e. The summed E-state index contributed by atoms with van der Waals surface area (Å²) in [5, 5.41) is 10.5. The first-order chi connectivity index (χ1) is 10.2. The first-order valence-electron chi connectivity index (χ1n) is 7.70. The Bertz CT molecular complexity index is 410. The van der Waals surface area contributed by atoms with Crippen molar-refractivity contribution in [2.75, 3.05) is 32.8 Å². The molecule has 6 heteroatoms. The van der Waals surface area contributed by atoms with Crippen molar-refractivity contribution in [3.8, 4) is 0 Å². The van der Waals surface area contributed by atoms with Gasteiger partial charge in [-0.1, -0.05) is 5.16 Å². The number of ether oxygens (including phenoxy) is 1. The van der Waals surface area contributed by atoms with Crippen molar-refractivity contribution in [3.63, 3.8) is 0 Å². The molecule has 21 heavy (non-hydrogen) atoms. The van der Waals surface area contributed by atoms with Crippen LogP contribution in [0.15, 0.2) is 9.52 Å². The Morgan fingerprint density at radius 1 is 1.29 bits per heavy atom. The molecule has 1 aromatic heterocycles. The topological polar surface area (TPSA) is 71.7 Å². The van der Waals surface area contributed by atoms with E-state index in [1.807, 2.05) is 20.8 Å². The zero-order chi connectivity index (χ0) is 15.5. The molecule has 0 aliphatic carbocycles. The van der Waals surface area contributed by atoms with Crippen LogP contribution in [-0.4, -0.2) is 44.0 Å². The summed E-state index contributed by atoms with van der Waals surface area (Å²) in [6.07, 6.45) is 1.82. The molecule has 0 saturated heterocycles. The molecule has 0 radical (unpaired) electrons. The minimum atomic E-state index is 0.762. The second-order valence-corrected chi connectivity index (χ2v) is 4.79. The maximum absolute atomic E-state index is 5.30. The Kier molecular flexibility index (Phi) is 8.50. The predicted molar refractivity (Wildman–Crippen MR) is 84.8 cm³/mol. The fraction of sp³-hybridized carbons (Fsp3) is 0.733. The first-order valence-corrected chi connectivity index (χ1v) is 7.70. The normalized spacial score (nSPS) is 11.7. The lowest BCUT2D eigenvalue weighted by Crippen LogP contribution is -2.38. The van der Waals surface area contributed by atoms with E-state index in [-0.39, 0.29) is 0 Å². The van der Waals surface area contributed by atoms with Crippen molar-refractivity contribution in [1.82, 2.24) is 15.8 Å². The molecule has 6 nitrogen and oxygen atoms in total. The lowest BCUT2D eigenvalue weighted by atomic mass is 10.1. The van der Waals surface area contributed by atoms with Crippen LogP contribution in [0.1, 0.15) is 37.3 Å². The van der Waals surface area contributed by atoms with Crippen LogP contribution < -0.4 is 10.6 Å². The second-order valence-electron chi connectivity index (χ2n) is 4.79. The summed E-state index contributed by atoms with van der Waals surface area (Å²) in [5.41, 5.74) is 2.14. The van der Waals surface area contributed by atoms with E-state index in [1.165, 1.54) is 5.56 Å². The van der Waals surface area contributed by atoms with Crippen LogP contribution >= 0.6 is 0 Å². The molecule has 1 heterocycles. The van der Waals surface area contributed by atoms with Gasteiger partial charge in [-0.25, -0.2) is 0 Å². The quantitative estimate of drug-likeness (QED) is 0.413. The van der Waals surface area contributed by atoms with Crippen LogP contribution in [0.2, 0.25) is 0 Å². The third kappa shape index (κ3) is 6.62. The van der Waals surface area contributed by atoms with Gasteiger partial charge in [0.25, 0.3) is 0 Å². The van der Waals surface area contributed by atoms with Crippen molar-refractivity contribution in [2.24, 2.45) is 4.99 Å². The highest BCUT2D eigenvalue weighted by molar-refractivity contribution is 5.79. The lowest BCUT2D eigenvalue weighted by Gasteiger charge is -2.11. The van der Waals surface area contributed by atoms with Crippen LogP contribution in [0.4, 0.5) is 0 Å². The average Bonchev–Trinajstić information content (AvgIpc) is 2.78. The Morgan fingerprint density at radius 2 is 2.10 bits per heavy atom. The number of nitrogens with zero attached hydrogens (tertiary/aromatic N) is 2. The molecule has 0 unspecified atom stereocenters. The molecule has 120 valence electrons. The number of aryl methyl sites for hydroxylation is 2. The third-order valence-electron chi connectivity index (χ3n) is 3.11. The third-order valence-corrected chi connectivity index (χ3v) is 3.11. The molecular weight excluding hydrogens is 268 g/mol. The van der Waals surface area contributed by atoms with Crippen LogP contribution in [0.25, 0.3) is 0 Å². The molecule has 0 amide bonds. The number of nitrogens with one attached hydrogen (secondary N) is 2. The van der Waals surface area contributed by atoms with Gasteiger partial charge in [0.05, 0.1) is 5.69 Å². The molecule has 0 fully saturated rings. The molecule has 0 aliphatic rings. The summed E-state index contributed by atoms with van der Waals surface area (Å²) < 4.78 is 10.5. The standard InChI is InChI=1S/C15H28N4O2/c1-5-16-15(17-9-7-11-20-6-2)18-10-8-14-12(3)19-21-13(14)4/h5-11H2,1-4H3,(H2,16,17,18). The summed E-state index contributed by atoms with van der Waals surface area (Å²) >= 11 is 0. The Labute approximate surface area is 127 Å². The lowest BCUT2D eigenvalue weighted by molar-refractivity contribution is 0.146. The van der Waals surface area contributed by atoms with Crippen molar-refractivity contribution in [2.45, 2.75) is 40.5 Å². The number of hydrogen-bond donors (Lipinski definition) is 2. The monoisotopic (exact) mass is 296 g/mol. The molecule has 0 saturated carbocycles. The zero-order valence-electron chi connectivity index (χ0n) is 13.7. The van der Waals surface area contributed by atoms with Gasteiger partial charge in [0, 0.05) is 38.4 Å². The van der Waals surface area contributed by atoms with E-state index in [0.717, 1.165) is 63.1 Å². The van der Waals surface area contributed by atoms with Crippen LogP contribution in [0, 0.1) is 13.8 Å². The molecule has 1 rings (SSSR count). The summed E-state index contributed by atoms with van der Waals surface area (Å²) in [6.45, 7) is 11.9. The average molecular weight is 296 g/mol. The van der Waals surface area contributed by atoms with E-state index >= 15 is 0 Å². The Hall–Kier alpha value is -1.56. The maximum atomic E-state index is 5.30. The fourth-order valence-corrected chi connectivity index (χ4v) is 2.01. The molecular formula is C15H28N4O2. The van der Waals surface area contributed by atoms with Crippen molar-refractivity contribution in [3.05, 3.63) is 17.0 Å². The smallest absolute Gasteiger partial charge is 0.191 e. The van der Waals surface area contributed by atoms with Gasteiger partial charge in [-0.15, -0.1) is 0 Å². The van der Waals surface area contributed by atoms with Gasteiger partial charge < -0.3 is 19.9 Å². The summed E-state index contributed by atoms with van der Waals surface area (Å²) in [6, 6.07) is 0. The van der Waals surface area contributed by atoms with Gasteiger partial charge in [-0.05, 0) is 40.5 Å². The van der Waals surface area contributed by atoms with Gasteiger partial charge in [0.15, 0.2) is 5.96 Å². The van der Waals surface area contributed by atoms with Gasteiger partial charge >= 0.3 is 0 Å². The summed E-state index contributed by atoms with van der Waals surface area (Å²) in [4.78, 5) is 4.52. The number of hydrogen-bond acceptors (Lipinski definition) is 4. The molecule has 0 spiro atoms. The van der Waals surface area contributed by atoms with Crippen LogP contribution in [0.3, 0.4) is 0 Å². The van der Waals surface area contributed by atoms with Gasteiger partial charge in [0.1, 0.15) is 5.76 Å². The zero-order valence-corrected chi connectivity index (χ0v) is 13.7. The largest absolute Gasteiger partial charge is 0.382 e. The van der Waals surface area contributed by atoms with Crippen molar-refractivity contribution < 1.29 is 9.26 Å². The van der Waals surface area contributed by atoms with Gasteiger partial charge in [0.2, 0.25) is 0 Å². The molecule has 0 bridgehead atoms. The van der Waals surface area contributed by atoms with Gasteiger partial charge in [-0.3, -0.25) is 4.99 Å². The molecule has 1 aromatic rings. The fourth-order valence-electron chi connectivity index (χ4n) is 2.01. The van der Waals surface area contributed by atoms with E-state index < -0.39 is 0 Å². The second kappa shape index (κ2) is 10.2. The van der Waals surface area contributed by atoms with E-state index in [9.17, 15) is 0 Å². The highest BCUT2D eigenvalue weighted by atomic mass is 16.5. The van der Waals surface area contributed by atoms with Crippen LogP contribution in [0.5, 0.6) is 0 Å². The Balaban J connectivity index is 2.35. The highest BCUT2D eigenvalue weighted by Crippen LogP contribution is 2.11. The first kappa shape index (κ1) is 17.5. The number of guanidine groups is 1. The number of rotatable bonds is 9. The van der Waals surface area contributed by atoms with Crippen LogP contribution in [-0.2, 0) is 11.2 Å². The molecule has 0 atom stereocenters. The minimum absolute atomic E-state index is 0.762.